The number of amides is 1. The second-order valence-electron chi connectivity index (χ2n) is 6.38. The van der Waals surface area contributed by atoms with E-state index in [9.17, 15) is 28.6 Å². The molecule has 1 aromatic heterocycles. The Morgan fingerprint density at radius 3 is 2.55 bits per heavy atom. The number of aryl methyl sites for hydroxylation is 1. The molecule has 11 heteroatoms. The number of thiophene rings is 1. The molecule has 6 N–H and O–H groups in total. The predicted octanol–water partition coefficient (Wildman–Crippen LogP) is 4.47. The van der Waals surface area contributed by atoms with Crippen LogP contribution in [0.3, 0.4) is 0 Å². The van der Waals surface area contributed by atoms with Gasteiger partial charge in [0.15, 0.2) is 11.6 Å². The Balaban J connectivity index is 2.00. The summed E-state index contributed by atoms with van der Waals surface area (Å²) in [5.74, 6) is -4.86. The van der Waals surface area contributed by atoms with Crippen molar-refractivity contribution >= 4 is 46.5 Å². The Morgan fingerprint density at radius 1 is 1.19 bits per heavy atom. The zero-order chi connectivity index (χ0) is 22.9. The minimum absolute atomic E-state index is 0.0521. The maximum Gasteiger partial charge on any atom is 0.339 e. The van der Waals surface area contributed by atoms with E-state index in [4.69, 9.17) is 5.73 Å². The largest absolute Gasteiger partial charge is 0.507 e. The lowest BCUT2D eigenvalue weighted by molar-refractivity contribution is 0.0699. The third kappa shape index (κ3) is 4.33. The van der Waals surface area contributed by atoms with Crippen molar-refractivity contribution in [1.82, 2.24) is 4.72 Å². The summed E-state index contributed by atoms with van der Waals surface area (Å²) >= 11 is 1.98. The minimum Gasteiger partial charge on any atom is -0.507 e. The smallest absolute Gasteiger partial charge is 0.339 e. The molecule has 0 aliphatic carbocycles. The number of hydrogen-bond acceptors (Lipinski definition) is 7. The summed E-state index contributed by atoms with van der Waals surface area (Å²) in [7, 11) is 1.66. The zero-order valence-electron chi connectivity index (χ0n) is 16.2. The van der Waals surface area contributed by atoms with E-state index in [1.54, 1.807) is 7.05 Å². The number of phenolic OH excluding ortho intramolecular Hbond substituents is 1. The van der Waals surface area contributed by atoms with Crippen LogP contribution in [0.5, 0.6) is 5.75 Å². The van der Waals surface area contributed by atoms with Gasteiger partial charge in [0.1, 0.15) is 11.3 Å². The van der Waals surface area contributed by atoms with Gasteiger partial charge in [0, 0.05) is 21.5 Å². The van der Waals surface area contributed by atoms with Crippen LogP contribution in [-0.4, -0.2) is 29.1 Å². The Hall–Kier alpha value is -3.15. The number of anilines is 2. The van der Waals surface area contributed by atoms with Crippen molar-refractivity contribution < 1.29 is 28.6 Å². The van der Waals surface area contributed by atoms with Crippen LogP contribution in [0.25, 0.3) is 10.4 Å². The molecule has 0 fully saturated rings. The van der Waals surface area contributed by atoms with Crippen LogP contribution >= 0.6 is 23.3 Å². The molecule has 31 heavy (non-hydrogen) atoms. The predicted molar refractivity (Wildman–Crippen MR) is 117 cm³/mol. The summed E-state index contributed by atoms with van der Waals surface area (Å²) < 4.78 is 31.2. The molecule has 0 spiro atoms. The lowest BCUT2D eigenvalue weighted by atomic mass is 10.1. The molecule has 0 aliphatic heterocycles. The summed E-state index contributed by atoms with van der Waals surface area (Å²) in [6.07, 6.45) is 0. The van der Waals surface area contributed by atoms with Gasteiger partial charge < -0.3 is 21.3 Å². The Kier molecular flexibility index (Phi) is 6.48. The quantitative estimate of drug-likeness (QED) is 0.207. The van der Waals surface area contributed by atoms with E-state index in [1.165, 1.54) is 36.6 Å². The van der Waals surface area contributed by atoms with Crippen molar-refractivity contribution in [3.8, 4) is 16.2 Å². The van der Waals surface area contributed by atoms with Crippen LogP contribution in [0, 0.1) is 18.6 Å². The van der Waals surface area contributed by atoms with Crippen molar-refractivity contribution in [3.63, 3.8) is 0 Å². The summed E-state index contributed by atoms with van der Waals surface area (Å²) in [5.41, 5.74) is 5.28. The number of halogens is 2. The molecule has 7 nitrogen and oxygen atoms in total. The number of aromatic hydroxyl groups is 1. The van der Waals surface area contributed by atoms with E-state index >= 15 is 0 Å². The molecular weight excluding hydrogens is 448 g/mol. The molecule has 0 bridgehead atoms. The SMILES string of the molecule is CNSc1cc(O)c(C(=O)Nc2csc(-c3ccc(C)c(F)c3F)c2C(=O)O)cc1N. The molecule has 0 atom stereocenters. The lowest BCUT2D eigenvalue weighted by Gasteiger charge is -2.11. The fraction of sp³-hybridized carbons (Fsp3) is 0.100. The standard InChI is InChI=1S/C20H17F2N3O4S2/c1-8-3-4-9(17(22)16(8)21)18-15(20(28)29)12(7-30-18)25-19(27)10-5-11(23)14(31-24-2)6-13(10)26/h3-7,24,26H,23H2,1-2H3,(H,25,27)(H,28,29). The summed E-state index contributed by atoms with van der Waals surface area (Å²) in [6.45, 7) is 1.39. The molecule has 3 rings (SSSR count). The number of benzene rings is 2. The lowest BCUT2D eigenvalue weighted by Crippen LogP contribution is -2.15. The molecule has 162 valence electrons. The Labute approximate surface area is 184 Å². The van der Waals surface area contributed by atoms with E-state index in [0.29, 0.717) is 4.90 Å². The number of carboxylic acid groups (broad SMARTS) is 1. The van der Waals surface area contributed by atoms with Crippen molar-refractivity contribution in [2.75, 3.05) is 18.1 Å². The van der Waals surface area contributed by atoms with Gasteiger partial charge in [-0.2, -0.15) is 0 Å². The van der Waals surface area contributed by atoms with Gasteiger partial charge in [-0.3, -0.25) is 9.52 Å². The maximum absolute atomic E-state index is 14.4. The Bertz CT molecular complexity index is 1200. The van der Waals surface area contributed by atoms with E-state index in [1.807, 2.05) is 0 Å². The molecule has 1 amide bonds. The topological polar surface area (TPSA) is 125 Å². The van der Waals surface area contributed by atoms with E-state index in [-0.39, 0.29) is 38.7 Å². The molecule has 3 aromatic rings. The highest BCUT2D eigenvalue weighted by Gasteiger charge is 2.25. The van der Waals surface area contributed by atoms with Crippen LogP contribution in [0.4, 0.5) is 20.2 Å². The highest BCUT2D eigenvalue weighted by atomic mass is 32.2. The number of rotatable bonds is 6. The first-order chi connectivity index (χ1) is 14.6. The van der Waals surface area contributed by atoms with Crippen LogP contribution < -0.4 is 15.8 Å². The normalized spacial score (nSPS) is 10.8. The number of hydrogen-bond donors (Lipinski definition) is 5. The summed E-state index contributed by atoms with van der Waals surface area (Å²) in [5, 5.41) is 23.5. The number of aromatic carboxylic acids is 1. The molecular formula is C20H17F2N3O4S2. The number of nitrogen functional groups attached to an aromatic ring is 1. The van der Waals surface area contributed by atoms with E-state index < -0.39 is 29.1 Å². The second kappa shape index (κ2) is 8.92. The number of carbonyl (C=O) groups excluding carboxylic acids is 1. The van der Waals surface area contributed by atoms with Crippen LogP contribution in [0.2, 0.25) is 0 Å². The molecule has 1 heterocycles. The van der Waals surface area contributed by atoms with Crippen molar-refractivity contribution in [3.05, 3.63) is 58.0 Å². The highest BCUT2D eigenvalue weighted by Crippen LogP contribution is 2.39. The van der Waals surface area contributed by atoms with Crippen LogP contribution in [0.15, 0.2) is 34.5 Å². The third-order valence-electron chi connectivity index (χ3n) is 4.36. The molecule has 0 saturated heterocycles. The molecule has 0 saturated carbocycles. The summed E-state index contributed by atoms with van der Waals surface area (Å²) in [4.78, 5) is 25.0. The molecule has 0 unspecified atom stereocenters. The van der Waals surface area contributed by atoms with Gasteiger partial charge in [0.25, 0.3) is 5.91 Å². The van der Waals surface area contributed by atoms with Crippen molar-refractivity contribution in [2.45, 2.75) is 11.8 Å². The summed E-state index contributed by atoms with van der Waals surface area (Å²) in [6, 6.07) is 5.17. The first kappa shape index (κ1) is 22.5. The van der Waals surface area contributed by atoms with E-state index in [0.717, 1.165) is 23.3 Å². The number of carboxylic acids is 1. The fourth-order valence-electron chi connectivity index (χ4n) is 2.84. The van der Waals surface area contributed by atoms with Gasteiger partial charge in [-0.05, 0) is 43.6 Å². The second-order valence-corrected chi connectivity index (χ2v) is 8.32. The van der Waals surface area contributed by atoms with Crippen molar-refractivity contribution in [1.29, 1.82) is 0 Å². The molecule has 0 radical (unpaired) electrons. The minimum atomic E-state index is -1.43. The molecule has 2 aromatic carbocycles. The number of nitrogens with two attached hydrogens (primary N) is 1. The average Bonchev–Trinajstić information content (AvgIpc) is 3.12. The monoisotopic (exact) mass is 465 g/mol. The van der Waals surface area contributed by atoms with Gasteiger partial charge >= 0.3 is 5.97 Å². The van der Waals surface area contributed by atoms with Gasteiger partial charge in [0.2, 0.25) is 0 Å². The zero-order valence-corrected chi connectivity index (χ0v) is 17.9. The molecule has 0 aliphatic rings. The Morgan fingerprint density at radius 2 is 1.90 bits per heavy atom. The fourth-order valence-corrected chi connectivity index (χ4v) is 4.42. The number of carbonyl (C=O) groups is 2. The third-order valence-corrected chi connectivity index (χ3v) is 6.15. The van der Waals surface area contributed by atoms with Gasteiger partial charge in [-0.15, -0.1) is 11.3 Å². The number of nitrogens with one attached hydrogen (secondary N) is 2. The highest BCUT2D eigenvalue weighted by molar-refractivity contribution is 7.97. The first-order valence-corrected chi connectivity index (χ1v) is 10.4. The van der Waals surface area contributed by atoms with Crippen LogP contribution in [0.1, 0.15) is 26.3 Å². The van der Waals surface area contributed by atoms with Gasteiger partial charge in [0.05, 0.1) is 16.1 Å². The maximum atomic E-state index is 14.4. The average molecular weight is 466 g/mol. The van der Waals surface area contributed by atoms with Crippen molar-refractivity contribution in [2.24, 2.45) is 0 Å². The van der Waals surface area contributed by atoms with E-state index in [2.05, 4.69) is 10.0 Å². The van der Waals surface area contributed by atoms with Gasteiger partial charge in [-0.25, -0.2) is 13.6 Å². The number of phenols is 1. The van der Waals surface area contributed by atoms with Crippen LogP contribution in [-0.2, 0) is 0 Å². The van der Waals surface area contributed by atoms with Gasteiger partial charge in [-0.1, -0.05) is 12.1 Å². The first-order valence-electron chi connectivity index (χ1n) is 8.72.